The summed E-state index contributed by atoms with van der Waals surface area (Å²) in [7, 11) is 0. The average Bonchev–Trinajstić information content (AvgIpc) is 2.91. The van der Waals surface area contributed by atoms with Crippen molar-refractivity contribution in [1.82, 2.24) is 25.2 Å². The van der Waals surface area contributed by atoms with Gasteiger partial charge in [0.1, 0.15) is 0 Å². The number of nitrogens with zero attached hydrogens (tertiary/aromatic N) is 4. The molecule has 18 heavy (non-hydrogen) atoms. The summed E-state index contributed by atoms with van der Waals surface area (Å²) in [5, 5.41) is 11.5. The van der Waals surface area contributed by atoms with Crippen molar-refractivity contribution in [2.24, 2.45) is 0 Å². The predicted octanol–water partition coefficient (Wildman–Crippen LogP) is 1.24. The Labute approximate surface area is 106 Å². The van der Waals surface area contributed by atoms with Crippen LogP contribution in [0.2, 0.25) is 0 Å². The van der Waals surface area contributed by atoms with E-state index >= 15 is 0 Å². The van der Waals surface area contributed by atoms with E-state index in [-0.39, 0.29) is 0 Å². The lowest BCUT2D eigenvalue weighted by atomic mass is 10.3. The number of rotatable bonds is 6. The SMILES string of the molecule is CCn1nc(C)cc1CNCCc1nc(C)no1. The summed E-state index contributed by atoms with van der Waals surface area (Å²) in [5.74, 6) is 1.37. The minimum Gasteiger partial charge on any atom is -0.339 e. The Hall–Kier alpha value is -1.69. The maximum atomic E-state index is 5.05. The van der Waals surface area contributed by atoms with Gasteiger partial charge in [0.05, 0.1) is 11.4 Å². The maximum Gasteiger partial charge on any atom is 0.227 e. The molecule has 2 rings (SSSR count). The van der Waals surface area contributed by atoms with Crippen molar-refractivity contribution in [1.29, 1.82) is 0 Å². The molecule has 0 aliphatic carbocycles. The summed E-state index contributed by atoms with van der Waals surface area (Å²) in [6.07, 6.45) is 0.750. The Morgan fingerprint density at radius 3 is 2.89 bits per heavy atom. The van der Waals surface area contributed by atoms with E-state index in [4.69, 9.17) is 4.52 Å². The lowest BCUT2D eigenvalue weighted by Crippen LogP contribution is -2.19. The second-order valence-electron chi connectivity index (χ2n) is 4.25. The van der Waals surface area contributed by atoms with Crippen LogP contribution in [0.1, 0.15) is 30.0 Å². The molecule has 98 valence electrons. The van der Waals surface area contributed by atoms with Gasteiger partial charge < -0.3 is 9.84 Å². The average molecular weight is 249 g/mol. The van der Waals surface area contributed by atoms with E-state index in [1.54, 1.807) is 0 Å². The molecular weight excluding hydrogens is 230 g/mol. The minimum absolute atomic E-state index is 0.681. The van der Waals surface area contributed by atoms with Crippen LogP contribution in [0.4, 0.5) is 0 Å². The zero-order chi connectivity index (χ0) is 13.0. The Kier molecular flexibility index (Phi) is 4.09. The molecule has 0 radical (unpaired) electrons. The molecule has 2 aromatic rings. The second kappa shape index (κ2) is 5.77. The number of hydrogen-bond acceptors (Lipinski definition) is 5. The summed E-state index contributed by atoms with van der Waals surface area (Å²) >= 11 is 0. The molecule has 0 aliphatic rings. The Morgan fingerprint density at radius 1 is 1.39 bits per heavy atom. The van der Waals surface area contributed by atoms with Gasteiger partial charge >= 0.3 is 0 Å². The van der Waals surface area contributed by atoms with Crippen molar-refractivity contribution < 1.29 is 4.52 Å². The van der Waals surface area contributed by atoms with E-state index < -0.39 is 0 Å². The third kappa shape index (κ3) is 3.16. The molecule has 0 bridgehead atoms. The van der Waals surface area contributed by atoms with Crippen molar-refractivity contribution in [3.63, 3.8) is 0 Å². The van der Waals surface area contributed by atoms with E-state index in [9.17, 15) is 0 Å². The van der Waals surface area contributed by atoms with E-state index in [1.807, 2.05) is 18.5 Å². The molecular formula is C12H19N5O. The summed E-state index contributed by atoms with van der Waals surface area (Å²) in [6, 6.07) is 2.10. The second-order valence-corrected chi connectivity index (χ2v) is 4.25. The fourth-order valence-electron chi connectivity index (χ4n) is 1.87. The topological polar surface area (TPSA) is 68.8 Å². The van der Waals surface area contributed by atoms with Crippen molar-refractivity contribution >= 4 is 0 Å². The monoisotopic (exact) mass is 249 g/mol. The maximum absolute atomic E-state index is 5.05. The van der Waals surface area contributed by atoms with Gasteiger partial charge in [-0.25, -0.2) is 0 Å². The van der Waals surface area contributed by atoms with Gasteiger partial charge in [0, 0.05) is 26.1 Å². The molecule has 2 aromatic heterocycles. The van der Waals surface area contributed by atoms with Crippen LogP contribution < -0.4 is 5.32 Å². The third-order valence-corrected chi connectivity index (χ3v) is 2.68. The minimum atomic E-state index is 0.681. The molecule has 0 aromatic carbocycles. The first kappa shape index (κ1) is 12.8. The highest BCUT2D eigenvalue weighted by atomic mass is 16.5. The molecule has 0 saturated heterocycles. The summed E-state index contributed by atoms with van der Waals surface area (Å²) in [4.78, 5) is 4.16. The van der Waals surface area contributed by atoms with Gasteiger partial charge in [-0.15, -0.1) is 0 Å². The number of aromatic nitrogens is 4. The molecule has 2 heterocycles. The molecule has 0 spiro atoms. The first-order valence-corrected chi connectivity index (χ1v) is 6.22. The molecule has 0 unspecified atom stereocenters. The van der Waals surface area contributed by atoms with E-state index in [0.717, 1.165) is 31.7 Å². The van der Waals surface area contributed by atoms with E-state index in [2.05, 4.69) is 33.5 Å². The Bertz CT molecular complexity index is 502. The molecule has 0 saturated carbocycles. The molecule has 0 aliphatic heterocycles. The molecule has 6 heteroatoms. The Morgan fingerprint density at radius 2 is 2.22 bits per heavy atom. The predicted molar refractivity (Wildman–Crippen MR) is 67.1 cm³/mol. The lowest BCUT2D eigenvalue weighted by Gasteiger charge is -2.05. The molecule has 1 N–H and O–H groups in total. The quantitative estimate of drug-likeness (QED) is 0.780. The molecule has 6 nitrogen and oxygen atoms in total. The van der Waals surface area contributed by atoms with Crippen LogP contribution in [-0.4, -0.2) is 26.5 Å². The van der Waals surface area contributed by atoms with Gasteiger partial charge in [-0.1, -0.05) is 5.16 Å². The first-order chi connectivity index (χ1) is 8.69. The van der Waals surface area contributed by atoms with Gasteiger partial charge in [-0.2, -0.15) is 10.1 Å². The van der Waals surface area contributed by atoms with Gasteiger partial charge in [0.2, 0.25) is 5.89 Å². The fraction of sp³-hybridized carbons (Fsp3) is 0.583. The van der Waals surface area contributed by atoms with E-state index in [1.165, 1.54) is 5.69 Å². The Balaban J connectivity index is 1.78. The van der Waals surface area contributed by atoms with Crippen molar-refractivity contribution in [2.45, 2.75) is 40.3 Å². The molecule has 0 fully saturated rings. The van der Waals surface area contributed by atoms with Crippen LogP contribution in [0.15, 0.2) is 10.6 Å². The van der Waals surface area contributed by atoms with Crippen LogP contribution in [-0.2, 0) is 19.5 Å². The van der Waals surface area contributed by atoms with Gasteiger partial charge in [0.25, 0.3) is 0 Å². The number of aryl methyl sites for hydroxylation is 3. The lowest BCUT2D eigenvalue weighted by molar-refractivity contribution is 0.372. The summed E-state index contributed by atoms with van der Waals surface area (Å²) in [6.45, 7) is 8.45. The van der Waals surface area contributed by atoms with Gasteiger partial charge in [-0.05, 0) is 26.8 Å². The highest BCUT2D eigenvalue weighted by Gasteiger charge is 2.05. The number of nitrogens with one attached hydrogen (secondary N) is 1. The van der Waals surface area contributed by atoms with Crippen LogP contribution in [0, 0.1) is 13.8 Å². The van der Waals surface area contributed by atoms with Crippen molar-refractivity contribution in [3.8, 4) is 0 Å². The molecule has 0 amide bonds. The van der Waals surface area contributed by atoms with Crippen LogP contribution in [0.5, 0.6) is 0 Å². The largest absolute Gasteiger partial charge is 0.339 e. The van der Waals surface area contributed by atoms with Crippen LogP contribution >= 0.6 is 0 Å². The highest BCUT2D eigenvalue weighted by Crippen LogP contribution is 2.03. The van der Waals surface area contributed by atoms with Crippen LogP contribution in [0.25, 0.3) is 0 Å². The molecule has 0 atom stereocenters. The zero-order valence-electron chi connectivity index (χ0n) is 11.1. The summed E-state index contributed by atoms with van der Waals surface area (Å²) in [5.41, 5.74) is 2.26. The summed E-state index contributed by atoms with van der Waals surface area (Å²) < 4.78 is 7.06. The fourth-order valence-corrected chi connectivity index (χ4v) is 1.87. The van der Waals surface area contributed by atoms with Crippen molar-refractivity contribution in [3.05, 3.63) is 29.2 Å². The van der Waals surface area contributed by atoms with Crippen LogP contribution in [0.3, 0.4) is 0 Å². The first-order valence-electron chi connectivity index (χ1n) is 6.22. The highest BCUT2D eigenvalue weighted by molar-refractivity contribution is 5.08. The smallest absolute Gasteiger partial charge is 0.227 e. The van der Waals surface area contributed by atoms with Gasteiger partial charge in [0.15, 0.2) is 5.82 Å². The standard InChI is InChI=1S/C12H19N5O/c1-4-17-11(7-9(2)15-17)8-13-6-5-12-14-10(3)16-18-12/h7,13H,4-6,8H2,1-3H3. The normalized spacial score (nSPS) is 11.1. The number of hydrogen-bond donors (Lipinski definition) is 1. The van der Waals surface area contributed by atoms with Gasteiger partial charge in [-0.3, -0.25) is 4.68 Å². The van der Waals surface area contributed by atoms with Crippen molar-refractivity contribution in [2.75, 3.05) is 6.54 Å². The zero-order valence-corrected chi connectivity index (χ0v) is 11.1. The third-order valence-electron chi connectivity index (χ3n) is 2.68. The van der Waals surface area contributed by atoms with E-state index in [0.29, 0.717) is 11.7 Å².